The highest BCUT2D eigenvalue weighted by molar-refractivity contribution is 6.07. The van der Waals surface area contributed by atoms with Crippen LogP contribution in [0.4, 0.5) is 11.4 Å². The molecule has 1 aliphatic carbocycles. The van der Waals surface area contributed by atoms with Gasteiger partial charge in [0.2, 0.25) is 0 Å². The van der Waals surface area contributed by atoms with E-state index in [1.165, 1.54) is 38.7 Å². The normalized spacial score (nSPS) is 13.1. The zero-order valence-electron chi connectivity index (χ0n) is 23.2. The summed E-state index contributed by atoms with van der Waals surface area (Å²) in [5.74, 6) is 0. The van der Waals surface area contributed by atoms with Gasteiger partial charge in [0.05, 0.1) is 0 Å². The minimum absolute atomic E-state index is 0.905. The SMILES string of the molecule is C1=CCCC(N(c2ccc(-c3cccc4ccccc34)cc2)c2ccc3oc4ccc(-c5ccccc5)cc4c3c2)=C1. The van der Waals surface area contributed by atoms with Crippen LogP contribution in [0, 0.1) is 0 Å². The van der Waals surface area contributed by atoms with Crippen molar-refractivity contribution in [3.8, 4) is 22.3 Å². The highest BCUT2D eigenvalue weighted by Gasteiger charge is 2.18. The molecule has 0 fully saturated rings. The predicted molar refractivity (Wildman–Crippen MR) is 177 cm³/mol. The third-order valence-electron chi connectivity index (χ3n) is 8.32. The van der Waals surface area contributed by atoms with Gasteiger partial charge in [0, 0.05) is 27.8 Å². The quantitative estimate of drug-likeness (QED) is 0.216. The molecule has 0 saturated carbocycles. The van der Waals surface area contributed by atoms with Gasteiger partial charge < -0.3 is 9.32 Å². The second-order valence-corrected chi connectivity index (χ2v) is 10.9. The summed E-state index contributed by atoms with van der Waals surface area (Å²) in [6.45, 7) is 0. The molecule has 1 aromatic heterocycles. The molecule has 0 saturated heterocycles. The van der Waals surface area contributed by atoms with E-state index in [1.54, 1.807) is 0 Å². The lowest BCUT2D eigenvalue weighted by molar-refractivity contribution is 0.669. The molecule has 200 valence electrons. The van der Waals surface area contributed by atoms with Gasteiger partial charge in [-0.1, -0.05) is 103 Å². The Labute approximate surface area is 245 Å². The number of nitrogens with zero attached hydrogens (tertiary/aromatic N) is 1. The molecule has 2 heteroatoms. The standard InChI is InChI=1S/C40H29NO/c1-3-10-28(11-4-1)31-20-24-39-37(26-31)38-27-34(23-25-40(38)42-39)41(32-14-5-2-6-15-32)33-21-18-30(19-22-33)36-17-9-13-29-12-7-8-16-35(29)36/h1-5,7-14,16-27H,6,15H2. The number of hydrogen-bond donors (Lipinski definition) is 0. The van der Waals surface area contributed by atoms with Crippen molar-refractivity contribution < 1.29 is 4.42 Å². The van der Waals surface area contributed by atoms with Gasteiger partial charge in [-0.3, -0.25) is 0 Å². The number of furan rings is 1. The van der Waals surface area contributed by atoms with Crippen LogP contribution in [-0.4, -0.2) is 0 Å². The summed E-state index contributed by atoms with van der Waals surface area (Å²) >= 11 is 0. The van der Waals surface area contributed by atoms with E-state index >= 15 is 0 Å². The number of rotatable bonds is 5. The van der Waals surface area contributed by atoms with Gasteiger partial charge >= 0.3 is 0 Å². The first-order valence-corrected chi connectivity index (χ1v) is 14.6. The first kappa shape index (κ1) is 24.5. The predicted octanol–water partition coefficient (Wildman–Crippen LogP) is 11.4. The molecule has 0 aliphatic heterocycles. The van der Waals surface area contributed by atoms with Gasteiger partial charge in [0.15, 0.2) is 0 Å². The van der Waals surface area contributed by atoms with Crippen molar-refractivity contribution in [2.45, 2.75) is 12.8 Å². The van der Waals surface area contributed by atoms with Gasteiger partial charge in [-0.15, -0.1) is 0 Å². The van der Waals surface area contributed by atoms with Crippen molar-refractivity contribution in [3.05, 3.63) is 157 Å². The molecule has 0 unspecified atom stereocenters. The lowest BCUT2D eigenvalue weighted by atomic mass is 9.98. The monoisotopic (exact) mass is 539 g/mol. The summed E-state index contributed by atoms with van der Waals surface area (Å²) < 4.78 is 6.28. The Hall–Kier alpha value is -5.34. The van der Waals surface area contributed by atoms with Crippen molar-refractivity contribution in [3.63, 3.8) is 0 Å². The third-order valence-corrected chi connectivity index (χ3v) is 8.32. The molecule has 7 aromatic rings. The van der Waals surface area contributed by atoms with Crippen LogP contribution < -0.4 is 4.90 Å². The fraction of sp³-hybridized carbons (Fsp3) is 0.0500. The van der Waals surface area contributed by atoms with Crippen LogP contribution in [0.1, 0.15) is 12.8 Å². The molecule has 1 heterocycles. The Balaban J connectivity index is 1.24. The number of allylic oxidation sites excluding steroid dienone is 4. The molecular formula is C40H29NO. The first-order chi connectivity index (χ1) is 20.8. The number of fused-ring (bicyclic) bond motifs is 4. The van der Waals surface area contributed by atoms with Crippen molar-refractivity contribution in [2.24, 2.45) is 0 Å². The van der Waals surface area contributed by atoms with Crippen molar-refractivity contribution in [1.82, 2.24) is 0 Å². The summed E-state index contributed by atoms with van der Waals surface area (Å²) in [4.78, 5) is 2.40. The summed E-state index contributed by atoms with van der Waals surface area (Å²) in [5, 5.41) is 4.80. The zero-order chi connectivity index (χ0) is 27.9. The second kappa shape index (κ2) is 10.2. The highest BCUT2D eigenvalue weighted by Crippen LogP contribution is 2.39. The zero-order valence-corrected chi connectivity index (χ0v) is 23.2. The fourth-order valence-electron chi connectivity index (χ4n) is 6.24. The second-order valence-electron chi connectivity index (χ2n) is 10.9. The Morgan fingerprint density at radius 2 is 1.24 bits per heavy atom. The van der Waals surface area contributed by atoms with Gasteiger partial charge in [0.1, 0.15) is 11.2 Å². The minimum Gasteiger partial charge on any atom is -0.456 e. The molecule has 0 amide bonds. The van der Waals surface area contributed by atoms with Gasteiger partial charge in [-0.2, -0.15) is 0 Å². The summed E-state index contributed by atoms with van der Waals surface area (Å²) in [5.41, 5.74) is 10.3. The van der Waals surface area contributed by atoms with Crippen LogP contribution in [0.3, 0.4) is 0 Å². The van der Waals surface area contributed by atoms with E-state index in [0.29, 0.717) is 0 Å². The highest BCUT2D eigenvalue weighted by atomic mass is 16.3. The smallest absolute Gasteiger partial charge is 0.135 e. The van der Waals surface area contributed by atoms with E-state index in [0.717, 1.165) is 46.2 Å². The Bertz CT molecular complexity index is 2130. The van der Waals surface area contributed by atoms with Gasteiger partial charge in [-0.25, -0.2) is 0 Å². The molecule has 0 N–H and O–H groups in total. The molecule has 42 heavy (non-hydrogen) atoms. The van der Waals surface area contributed by atoms with Crippen LogP contribution in [-0.2, 0) is 0 Å². The largest absolute Gasteiger partial charge is 0.456 e. The van der Waals surface area contributed by atoms with Crippen LogP contribution in [0.5, 0.6) is 0 Å². The van der Waals surface area contributed by atoms with Crippen LogP contribution in [0.2, 0.25) is 0 Å². The van der Waals surface area contributed by atoms with Crippen molar-refractivity contribution >= 4 is 44.1 Å². The molecule has 2 nitrogen and oxygen atoms in total. The molecule has 0 radical (unpaired) electrons. The van der Waals surface area contributed by atoms with Gasteiger partial charge in [0.25, 0.3) is 0 Å². The van der Waals surface area contributed by atoms with E-state index in [2.05, 4.69) is 157 Å². The maximum absolute atomic E-state index is 6.28. The molecule has 8 rings (SSSR count). The van der Waals surface area contributed by atoms with E-state index in [9.17, 15) is 0 Å². The average Bonchev–Trinajstić information content (AvgIpc) is 3.43. The van der Waals surface area contributed by atoms with E-state index in [1.807, 2.05) is 0 Å². The molecular weight excluding hydrogens is 510 g/mol. The maximum Gasteiger partial charge on any atom is 0.135 e. The molecule has 0 atom stereocenters. The van der Waals surface area contributed by atoms with Crippen LogP contribution in [0.15, 0.2) is 162 Å². The lowest BCUT2D eigenvalue weighted by Crippen LogP contribution is -2.17. The fourth-order valence-corrected chi connectivity index (χ4v) is 6.24. The maximum atomic E-state index is 6.28. The summed E-state index contributed by atoms with van der Waals surface area (Å²) in [6, 6.07) is 47.7. The first-order valence-electron chi connectivity index (χ1n) is 14.6. The Morgan fingerprint density at radius 1 is 0.524 bits per heavy atom. The Morgan fingerprint density at radius 3 is 2.07 bits per heavy atom. The number of anilines is 2. The number of hydrogen-bond acceptors (Lipinski definition) is 2. The lowest BCUT2D eigenvalue weighted by Gasteiger charge is -2.29. The van der Waals surface area contributed by atoms with Crippen LogP contribution >= 0.6 is 0 Å². The average molecular weight is 540 g/mol. The Kier molecular flexibility index (Phi) is 5.97. The molecule has 0 spiro atoms. The molecule has 6 aromatic carbocycles. The molecule has 0 bridgehead atoms. The topological polar surface area (TPSA) is 16.4 Å². The molecule has 1 aliphatic rings. The van der Waals surface area contributed by atoms with Crippen molar-refractivity contribution in [2.75, 3.05) is 4.90 Å². The van der Waals surface area contributed by atoms with Crippen LogP contribution in [0.25, 0.3) is 55.0 Å². The summed E-state index contributed by atoms with van der Waals surface area (Å²) in [7, 11) is 0. The number of benzene rings is 6. The van der Waals surface area contributed by atoms with Crippen molar-refractivity contribution in [1.29, 1.82) is 0 Å². The third kappa shape index (κ3) is 4.29. The van der Waals surface area contributed by atoms with E-state index < -0.39 is 0 Å². The summed E-state index contributed by atoms with van der Waals surface area (Å²) in [6.07, 6.45) is 8.68. The van der Waals surface area contributed by atoms with E-state index in [-0.39, 0.29) is 0 Å². The van der Waals surface area contributed by atoms with E-state index in [4.69, 9.17) is 4.42 Å². The van der Waals surface area contributed by atoms with Gasteiger partial charge in [-0.05, 0) is 94.4 Å². The minimum atomic E-state index is 0.905.